The molecule has 1 atom stereocenters. The number of methoxy groups -OCH3 is 2. The van der Waals surface area contributed by atoms with Gasteiger partial charge in [0.15, 0.2) is 11.6 Å². The van der Waals surface area contributed by atoms with Crippen molar-refractivity contribution < 1.29 is 13.9 Å². The number of rotatable bonds is 7. The number of ether oxygens (including phenoxy) is 2. The molecule has 1 aromatic carbocycles. The number of aromatic nitrogens is 1. The number of halogens is 1. The SMILES string of the molecule is COCCNC(c1ccc(OC)c(F)c1)c1nccs1. The van der Waals surface area contributed by atoms with Crippen molar-refractivity contribution in [2.24, 2.45) is 0 Å². The lowest BCUT2D eigenvalue weighted by Gasteiger charge is -2.17. The van der Waals surface area contributed by atoms with Gasteiger partial charge in [-0.1, -0.05) is 6.07 Å². The Morgan fingerprint density at radius 1 is 1.40 bits per heavy atom. The highest BCUT2D eigenvalue weighted by atomic mass is 32.1. The van der Waals surface area contributed by atoms with Gasteiger partial charge in [0.25, 0.3) is 0 Å². The average molecular weight is 296 g/mol. The van der Waals surface area contributed by atoms with Gasteiger partial charge in [0.1, 0.15) is 5.01 Å². The van der Waals surface area contributed by atoms with Gasteiger partial charge in [-0.3, -0.25) is 0 Å². The van der Waals surface area contributed by atoms with Crippen molar-refractivity contribution in [3.8, 4) is 5.75 Å². The molecule has 0 radical (unpaired) electrons. The Hall–Kier alpha value is -1.50. The van der Waals surface area contributed by atoms with E-state index in [4.69, 9.17) is 9.47 Å². The van der Waals surface area contributed by atoms with Crippen LogP contribution in [-0.2, 0) is 4.74 Å². The van der Waals surface area contributed by atoms with E-state index < -0.39 is 0 Å². The summed E-state index contributed by atoms with van der Waals surface area (Å²) in [6.07, 6.45) is 1.74. The molecule has 4 nitrogen and oxygen atoms in total. The molecule has 1 aromatic heterocycles. The van der Waals surface area contributed by atoms with E-state index in [2.05, 4.69) is 10.3 Å². The molecule has 6 heteroatoms. The summed E-state index contributed by atoms with van der Waals surface area (Å²) in [5.41, 5.74) is 0.814. The van der Waals surface area contributed by atoms with E-state index in [1.54, 1.807) is 19.4 Å². The molecular weight excluding hydrogens is 279 g/mol. The van der Waals surface area contributed by atoms with Crippen LogP contribution in [0.15, 0.2) is 29.8 Å². The molecule has 0 saturated carbocycles. The maximum Gasteiger partial charge on any atom is 0.165 e. The summed E-state index contributed by atoms with van der Waals surface area (Å²) < 4.78 is 23.8. The maximum absolute atomic E-state index is 13.8. The van der Waals surface area contributed by atoms with Crippen LogP contribution in [0.25, 0.3) is 0 Å². The number of benzene rings is 1. The maximum atomic E-state index is 13.8. The predicted molar refractivity (Wildman–Crippen MR) is 76.8 cm³/mol. The minimum absolute atomic E-state index is 0.148. The molecule has 20 heavy (non-hydrogen) atoms. The first-order chi connectivity index (χ1) is 9.76. The fraction of sp³-hybridized carbons (Fsp3) is 0.357. The molecule has 0 amide bonds. The Balaban J connectivity index is 2.24. The third-order valence-corrected chi connectivity index (χ3v) is 3.70. The van der Waals surface area contributed by atoms with Crippen LogP contribution in [0.3, 0.4) is 0 Å². The van der Waals surface area contributed by atoms with Crippen molar-refractivity contribution in [1.29, 1.82) is 0 Å². The lowest BCUT2D eigenvalue weighted by atomic mass is 10.1. The summed E-state index contributed by atoms with van der Waals surface area (Å²) in [7, 11) is 3.10. The highest BCUT2D eigenvalue weighted by molar-refractivity contribution is 7.09. The summed E-state index contributed by atoms with van der Waals surface area (Å²) in [5.74, 6) is -0.136. The zero-order chi connectivity index (χ0) is 14.4. The van der Waals surface area contributed by atoms with Gasteiger partial charge in [0, 0.05) is 25.2 Å². The normalized spacial score (nSPS) is 12.3. The van der Waals surface area contributed by atoms with E-state index in [1.165, 1.54) is 24.5 Å². The predicted octanol–water partition coefficient (Wildman–Crippen LogP) is 2.62. The fourth-order valence-electron chi connectivity index (χ4n) is 1.89. The van der Waals surface area contributed by atoms with Crippen LogP contribution >= 0.6 is 11.3 Å². The van der Waals surface area contributed by atoms with Gasteiger partial charge in [-0.25, -0.2) is 9.37 Å². The highest BCUT2D eigenvalue weighted by Gasteiger charge is 2.17. The lowest BCUT2D eigenvalue weighted by molar-refractivity contribution is 0.197. The second-order valence-electron chi connectivity index (χ2n) is 4.14. The van der Waals surface area contributed by atoms with Crippen LogP contribution in [0.2, 0.25) is 0 Å². The molecule has 1 heterocycles. The second-order valence-corrected chi connectivity index (χ2v) is 5.07. The molecular formula is C14H17FN2O2S. The molecule has 0 aliphatic heterocycles. The molecule has 0 spiro atoms. The van der Waals surface area contributed by atoms with Crippen molar-refractivity contribution >= 4 is 11.3 Å². The Morgan fingerprint density at radius 3 is 2.85 bits per heavy atom. The largest absolute Gasteiger partial charge is 0.494 e. The van der Waals surface area contributed by atoms with Gasteiger partial charge < -0.3 is 14.8 Å². The summed E-state index contributed by atoms with van der Waals surface area (Å²) in [5, 5.41) is 6.12. The zero-order valence-corrected chi connectivity index (χ0v) is 12.2. The molecule has 0 aliphatic rings. The third-order valence-electron chi connectivity index (χ3n) is 2.86. The molecule has 1 unspecified atom stereocenters. The summed E-state index contributed by atoms with van der Waals surface area (Å²) in [6.45, 7) is 1.24. The molecule has 1 N–H and O–H groups in total. The number of nitrogens with zero attached hydrogens (tertiary/aromatic N) is 1. The van der Waals surface area contributed by atoms with Gasteiger partial charge >= 0.3 is 0 Å². The Bertz CT molecular complexity index is 534. The van der Waals surface area contributed by atoms with E-state index in [1.807, 2.05) is 11.4 Å². The highest BCUT2D eigenvalue weighted by Crippen LogP contribution is 2.27. The minimum atomic E-state index is -0.375. The van der Waals surface area contributed by atoms with Crippen molar-refractivity contribution in [2.75, 3.05) is 27.4 Å². The first-order valence-corrected chi connectivity index (χ1v) is 7.09. The number of hydrogen-bond acceptors (Lipinski definition) is 5. The van der Waals surface area contributed by atoms with Gasteiger partial charge in [-0.15, -0.1) is 11.3 Å². The number of nitrogens with one attached hydrogen (secondary N) is 1. The van der Waals surface area contributed by atoms with Crippen LogP contribution < -0.4 is 10.1 Å². The lowest BCUT2D eigenvalue weighted by Crippen LogP contribution is -2.26. The Kier molecular flexibility index (Phi) is 5.46. The van der Waals surface area contributed by atoms with Crippen LogP contribution in [0, 0.1) is 5.82 Å². The number of hydrogen-bond donors (Lipinski definition) is 1. The molecule has 108 valence electrons. The smallest absolute Gasteiger partial charge is 0.165 e. The van der Waals surface area contributed by atoms with Crippen LogP contribution in [0.4, 0.5) is 4.39 Å². The van der Waals surface area contributed by atoms with Crippen LogP contribution in [-0.4, -0.2) is 32.4 Å². The third kappa shape index (κ3) is 3.53. The molecule has 0 saturated heterocycles. The molecule has 2 aromatic rings. The van der Waals surface area contributed by atoms with Crippen molar-refractivity contribution in [3.05, 3.63) is 46.2 Å². The van der Waals surface area contributed by atoms with E-state index in [9.17, 15) is 4.39 Å². The monoisotopic (exact) mass is 296 g/mol. The van der Waals surface area contributed by atoms with E-state index in [0.29, 0.717) is 13.2 Å². The Morgan fingerprint density at radius 2 is 2.25 bits per heavy atom. The quantitative estimate of drug-likeness (QED) is 0.798. The van der Waals surface area contributed by atoms with Crippen molar-refractivity contribution in [3.63, 3.8) is 0 Å². The van der Waals surface area contributed by atoms with E-state index >= 15 is 0 Å². The average Bonchev–Trinajstić information content (AvgIpc) is 2.97. The zero-order valence-electron chi connectivity index (χ0n) is 11.4. The fourth-order valence-corrected chi connectivity index (χ4v) is 2.63. The van der Waals surface area contributed by atoms with E-state index in [0.717, 1.165) is 10.6 Å². The van der Waals surface area contributed by atoms with Gasteiger partial charge in [-0.2, -0.15) is 0 Å². The minimum Gasteiger partial charge on any atom is -0.494 e. The van der Waals surface area contributed by atoms with Crippen molar-refractivity contribution in [2.45, 2.75) is 6.04 Å². The molecule has 0 aliphatic carbocycles. The summed E-state index contributed by atoms with van der Waals surface area (Å²) >= 11 is 1.53. The van der Waals surface area contributed by atoms with Crippen LogP contribution in [0.1, 0.15) is 16.6 Å². The van der Waals surface area contributed by atoms with Gasteiger partial charge in [0.2, 0.25) is 0 Å². The summed E-state index contributed by atoms with van der Waals surface area (Å²) in [4.78, 5) is 4.31. The molecule has 0 fully saturated rings. The first kappa shape index (κ1) is 14.9. The molecule has 2 rings (SSSR count). The molecule has 0 bridgehead atoms. The topological polar surface area (TPSA) is 43.4 Å². The standard InChI is InChI=1S/C14H17FN2O2S/c1-18-7-5-16-13(14-17-6-8-20-14)10-3-4-12(19-2)11(15)9-10/h3-4,6,8-9,13,16H,5,7H2,1-2H3. The van der Waals surface area contributed by atoms with Crippen molar-refractivity contribution in [1.82, 2.24) is 10.3 Å². The summed E-state index contributed by atoms with van der Waals surface area (Å²) in [6, 6.07) is 4.80. The Labute approximate surface area is 121 Å². The first-order valence-electron chi connectivity index (χ1n) is 6.21. The van der Waals surface area contributed by atoms with E-state index in [-0.39, 0.29) is 17.6 Å². The van der Waals surface area contributed by atoms with Crippen LogP contribution in [0.5, 0.6) is 5.75 Å². The second kappa shape index (κ2) is 7.33. The van der Waals surface area contributed by atoms with Gasteiger partial charge in [-0.05, 0) is 17.7 Å². The number of thiazole rings is 1. The van der Waals surface area contributed by atoms with Gasteiger partial charge in [0.05, 0.1) is 19.8 Å².